The van der Waals surface area contributed by atoms with Crippen LogP contribution in [0.5, 0.6) is 0 Å². The molecule has 1 aromatic rings. The molecule has 0 saturated heterocycles. The van der Waals surface area contributed by atoms with Crippen LogP contribution in [0.2, 0.25) is 5.02 Å². The maximum Gasteiger partial charge on any atom is 0.105 e. The number of halogens is 1. The second-order valence-corrected chi connectivity index (χ2v) is 5.35. The van der Waals surface area contributed by atoms with Gasteiger partial charge in [-0.3, -0.25) is 0 Å². The third-order valence-electron chi connectivity index (χ3n) is 2.86. The summed E-state index contributed by atoms with van der Waals surface area (Å²) in [5.41, 5.74) is 7.21. The average molecular weight is 285 g/mol. The van der Waals surface area contributed by atoms with Gasteiger partial charge in [0, 0.05) is 24.4 Å². The Bertz CT molecular complexity index is 435. The third-order valence-corrected chi connectivity index (χ3v) is 3.39. The van der Waals surface area contributed by atoms with Crippen LogP contribution in [0.4, 0.5) is 5.69 Å². The average Bonchev–Trinajstić information content (AvgIpc) is 3.12. The van der Waals surface area contributed by atoms with E-state index in [0.717, 1.165) is 24.8 Å². The van der Waals surface area contributed by atoms with Gasteiger partial charge in [0.2, 0.25) is 0 Å². The van der Waals surface area contributed by atoms with Gasteiger partial charge in [-0.25, -0.2) is 0 Å². The lowest BCUT2D eigenvalue weighted by molar-refractivity contribution is 0.134. The lowest BCUT2D eigenvalue weighted by Crippen LogP contribution is -2.12. The molecule has 5 heteroatoms. The monoisotopic (exact) mass is 284 g/mol. The maximum absolute atomic E-state index is 6.08. The lowest BCUT2D eigenvalue weighted by atomic mass is 10.2. The highest BCUT2D eigenvalue weighted by atomic mass is 35.5. The van der Waals surface area contributed by atoms with Gasteiger partial charge in [-0.1, -0.05) is 23.8 Å². The van der Waals surface area contributed by atoms with Crippen LogP contribution in [0.1, 0.15) is 18.4 Å². The van der Waals surface area contributed by atoms with Crippen LogP contribution >= 0.6 is 23.8 Å². The summed E-state index contributed by atoms with van der Waals surface area (Å²) in [6, 6.07) is 5.58. The maximum atomic E-state index is 6.08. The van der Waals surface area contributed by atoms with E-state index in [1.807, 2.05) is 18.2 Å². The Kier molecular flexibility index (Phi) is 4.80. The number of ether oxygens (including phenoxy) is 1. The lowest BCUT2D eigenvalue weighted by Gasteiger charge is -2.09. The SMILES string of the molecule is NC(=S)c1ccc(NCCOCC2CC2)cc1Cl. The first-order chi connectivity index (χ1) is 8.66. The highest BCUT2D eigenvalue weighted by Crippen LogP contribution is 2.28. The molecule has 18 heavy (non-hydrogen) atoms. The summed E-state index contributed by atoms with van der Waals surface area (Å²) in [6.07, 6.45) is 2.65. The van der Waals surface area contributed by atoms with Gasteiger partial charge >= 0.3 is 0 Å². The van der Waals surface area contributed by atoms with Crippen LogP contribution in [0.15, 0.2) is 18.2 Å². The number of benzene rings is 1. The Morgan fingerprint density at radius 1 is 1.50 bits per heavy atom. The first-order valence-electron chi connectivity index (χ1n) is 6.08. The number of nitrogens with one attached hydrogen (secondary N) is 1. The molecule has 3 N–H and O–H groups in total. The van der Waals surface area contributed by atoms with Gasteiger partial charge in [0.15, 0.2) is 0 Å². The zero-order valence-corrected chi connectivity index (χ0v) is 11.7. The van der Waals surface area contributed by atoms with Gasteiger partial charge < -0.3 is 15.8 Å². The first kappa shape index (κ1) is 13.6. The Morgan fingerprint density at radius 2 is 2.28 bits per heavy atom. The minimum Gasteiger partial charge on any atom is -0.389 e. The second kappa shape index (κ2) is 6.36. The Morgan fingerprint density at radius 3 is 2.89 bits per heavy atom. The molecule has 1 aliphatic rings. The summed E-state index contributed by atoms with van der Waals surface area (Å²) >= 11 is 11.0. The van der Waals surface area contributed by atoms with Crippen molar-refractivity contribution in [1.82, 2.24) is 0 Å². The summed E-state index contributed by atoms with van der Waals surface area (Å²) in [5.74, 6) is 0.810. The molecule has 1 saturated carbocycles. The molecule has 3 nitrogen and oxygen atoms in total. The molecule has 0 unspecified atom stereocenters. The normalized spacial score (nSPS) is 14.5. The molecule has 0 bridgehead atoms. The number of rotatable bonds is 7. The number of nitrogens with two attached hydrogens (primary N) is 1. The van der Waals surface area contributed by atoms with E-state index in [1.54, 1.807) is 0 Å². The van der Waals surface area contributed by atoms with Crippen molar-refractivity contribution in [3.8, 4) is 0 Å². The zero-order valence-electron chi connectivity index (χ0n) is 10.1. The van der Waals surface area contributed by atoms with Crippen LogP contribution in [0.25, 0.3) is 0 Å². The van der Waals surface area contributed by atoms with E-state index in [4.69, 9.17) is 34.3 Å². The highest BCUT2D eigenvalue weighted by molar-refractivity contribution is 7.80. The number of hydrogen-bond acceptors (Lipinski definition) is 3. The van der Waals surface area contributed by atoms with Crippen molar-refractivity contribution in [1.29, 1.82) is 0 Å². The molecule has 1 aromatic carbocycles. The summed E-state index contributed by atoms with van der Waals surface area (Å²) in [4.78, 5) is 0.319. The molecule has 0 atom stereocenters. The van der Waals surface area contributed by atoms with E-state index in [-0.39, 0.29) is 0 Å². The molecule has 2 rings (SSSR count). The number of hydrogen-bond donors (Lipinski definition) is 2. The molecule has 0 aliphatic heterocycles. The first-order valence-corrected chi connectivity index (χ1v) is 6.86. The van der Waals surface area contributed by atoms with E-state index in [1.165, 1.54) is 12.8 Å². The predicted molar refractivity (Wildman–Crippen MR) is 79.4 cm³/mol. The fourth-order valence-electron chi connectivity index (χ4n) is 1.63. The van der Waals surface area contributed by atoms with Crippen molar-refractivity contribution < 1.29 is 4.74 Å². The largest absolute Gasteiger partial charge is 0.389 e. The van der Waals surface area contributed by atoms with Gasteiger partial charge in [-0.05, 0) is 37.0 Å². The number of anilines is 1. The van der Waals surface area contributed by atoms with E-state index >= 15 is 0 Å². The molecule has 0 heterocycles. The fourth-order valence-corrected chi connectivity index (χ4v) is 2.14. The molecule has 0 amide bonds. The Hall–Kier alpha value is -0.840. The standard InChI is InChI=1S/C13H17ClN2OS/c14-12-7-10(3-4-11(12)13(15)18)16-5-6-17-8-9-1-2-9/h3-4,7,9,16H,1-2,5-6,8H2,(H2,15,18). The molecule has 0 spiro atoms. The zero-order chi connectivity index (χ0) is 13.0. The predicted octanol–water partition coefficient (Wildman–Crippen LogP) is 2.81. The van der Waals surface area contributed by atoms with Crippen LogP contribution in [0.3, 0.4) is 0 Å². The molecule has 0 aromatic heterocycles. The smallest absolute Gasteiger partial charge is 0.105 e. The molecular formula is C13H17ClN2OS. The van der Waals surface area contributed by atoms with Gasteiger partial charge in [0.05, 0.1) is 11.6 Å². The summed E-state index contributed by atoms with van der Waals surface area (Å²) in [6.45, 7) is 2.38. The number of thiocarbonyl (C=S) groups is 1. The van der Waals surface area contributed by atoms with Gasteiger partial charge in [0.1, 0.15) is 4.99 Å². The summed E-state index contributed by atoms with van der Waals surface area (Å²) in [5, 5.41) is 3.83. The van der Waals surface area contributed by atoms with Gasteiger partial charge in [0.25, 0.3) is 0 Å². The quantitative estimate of drug-likeness (QED) is 0.597. The second-order valence-electron chi connectivity index (χ2n) is 4.50. The minimum absolute atomic E-state index is 0.319. The Labute approximate surface area is 118 Å². The van der Waals surface area contributed by atoms with E-state index < -0.39 is 0 Å². The van der Waals surface area contributed by atoms with Crippen LogP contribution in [-0.4, -0.2) is 24.7 Å². The third kappa shape index (κ3) is 4.12. The van der Waals surface area contributed by atoms with E-state index in [0.29, 0.717) is 22.2 Å². The van der Waals surface area contributed by atoms with Gasteiger partial charge in [-0.2, -0.15) is 0 Å². The molecule has 1 fully saturated rings. The highest BCUT2D eigenvalue weighted by Gasteiger charge is 2.20. The van der Waals surface area contributed by atoms with Crippen molar-refractivity contribution in [2.45, 2.75) is 12.8 Å². The van der Waals surface area contributed by atoms with Crippen LogP contribution in [-0.2, 0) is 4.74 Å². The topological polar surface area (TPSA) is 47.3 Å². The Balaban J connectivity index is 1.74. The minimum atomic E-state index is 0.319. The summed E-state index contributed by atoms with van der Waals surface area (Å²) < 4.78 is 5.54. The van der Waals surface area contributed by atoms with Crippen molar-refractivity contribution >= 4 is 34.5 Å². The summed E-state index contributed by atoms with van der Waals surface area (Å²) in [7, 11) is 0. The molecule has 98 valence electrons. The molecular weight excluding hydrogens is 268 g/mol. The van der Waals surface area contributed by atoms with Crippen LogP contribution in [0, 0.1) is 5.92 Å². The van der Waals surface area contributed by atoms with Crippen molar-refractivity contribution in [3.05, 3.63) is 28.8 Å². The van der Waals surface area contributed by atoms with Crippen molar-refractivity contribution in [2.75, 3.05) is 25.1 Å². The van der Waals surface area contributed by atoms with Crippen molar-refractivity contribution in [2.24, 2.45) is 11.7 Å². The fraction of sp³-hybridized carbons (Fsp3) is 0.462. The van der Waals surface area contributed by atoms with Crippen LogP contribution < -0.4 is 11.1 Å². The van der Waals surface area contributed by atoms with Gasteiger partial charge in [-0.15, -0.1) is 0 Å². The molecule has 0 radical (unpaired) electrons. The van der Waals surface area contributed by atoms with E-state index in [9.17, 15) is 0 Å². The van der Waals surface area contributed by atoms with E-state index in [2.05, 4.69) is 5.32 Å². The van der Waals surface area contributed by atoms with Crippen molar-refractivity contribution in [3.63, 3.8) is 0 Å². The molecule has 1 aliphatic carbocycles.